The van der Waals surface area contributed by atoms with Gasteiger partial charge in [-0.05, 0) is 51.4 Å². The molecule has 3 rings (SSSR count). The monoisotopic (exact) mass is 216 g/mol. The summed E-state index contributed by atoms with van der Waals surface area (Å²) in [6.45, 7) is 0. The van der Waals surface area contributed by atoms with Crippen molar-refractivity contribution in [3.05, 3.63) is 30.9 Å². The molecule has 0 radical (unpaired) electrons. The van der Waals surface area contributed by atoms with Crippen LogP contribution in [0.1, 0.15) is 51.4 Å². The Morgan fingerprint density at radius 1 is 0.562 bits per heavy atom. The van der Waals surface area contributed by atoms with Crippen LogP contribution in [0.4, 0.5) is 0 Å². The highest BCUT2D eigenvalue weighted by Gasteiger charge is 2.19. The summed E-state index contributed by atoms with van der Waals surface area (Å²) < 4.78 is 0. The average molecular weight is 216 g/mol. The minimum Gasteiger partial charge on any atom is -0.288 e. The lowest BCUT2D eigenvalue weighted by Gasteiger charge is -2.01. The van der Waals surface area contributed by atoms with Gasteiger partial charge in [-0.2, -0.15) is 0 Å². The van der Waals surface area contributed by atoms with Gasteiger partial charge in [0.2, 0.25) is 10.9 Å². The van der Waals surface area contributed by atoms with Crippen LogP contribution in [0.3, 0.4) is 0 Å². The normalized spacial score (nSPS) is 21.2. The van der Waals surface area contributed by atoms with Crippen LogP contribution in [0.5, 0.6) is 0 Å². The summed E-state index contributed by atoms with van der Waals surface area (Å²) in [5.74, 6) is 0. The smallest absolute Gasteiger partial charge is 0.200 e. The van der Waals surface area contributed by atoms with E-state index in [9.17, 15) is 9.59 Å². The molecule has 0 N–H and O–H groups in total. The maximum Gasteiger partial charge on any atom is 0.200 e. The molecule has 0 unspecified atom stereocenters. The summed E-state index contributed by atoms with van der Waals surface area (Å²) in [6.07, 6.45) is 8.45. The van der Waals surface area contributed by atoms with Crippen molar-refractivity contribution in [2.24, 2.45) is 0 Å². The van der Waals surface area contributed by atoms with Gasteiger partial charge in [0.15, 0.2) is 0 Å². The quantitative estimate of drug-likeness (QED) is 0.641. The van der Waals surface area contributed by atoms with E-state index in [1.807, 2.05) is 0 Å². The molecule has 2 nitrogen and oxygen atoms in total. The Bertz CT molecular complexity index is 514. The molecule has 2 aliphatic rings. The van der Waals surface area contributed by atoms with Crippen LogP contribution in [-0.4, -0.2) is 0 Å². The molecular formula is C14H16O2. The van der Waals surface area contributed by atoms with E-state index < -0.39 is 0 Å². The van der Waals surface area contributed by atoms with Crippen LogP contribution in [-0.2, 0) is 0 Å². The van der Waals surface area contributed by atoms with E-state index in [1.54, 1.807) is 0 Å². The molecule has 0 aromatic heterocycles. The van der Waals surface area contributed by atoms with E-state index >= 15 is 0 Å². The fourth-order valence-electron chi connectivity index (χ4n) is 3.14. The maximum atomic E-state index is 12.0. The number of rotatable bonds is 0. The van der Waals surface area contributed by atoms with Gasteiger partial charge in [0.05, 0.1) is 10.4 Å². The van der Waals surface area contributed by atoms with E-state index in [0.717, 1.165) is 62.5 Å². The molecule has 0 bridgehead atoms. The minimum atomic E-state index is 0.0683. The van der Waals surface area contributed by atoms with E-state index in [0.29, 0.717) is 10.4 Å². The Hall–Kier alpha value is -1.18. The zero-order valence-corrected chi connectivity index (χ0v) is 9.47. The van der Waals surface area contributed by atoms with E-state index in [-0.39, 0.29) is 10.9 Å². The highest BCUT2D eigenvalue weighted by Crippen LogP contribution is 2.24. The molecule has 2 saturated carbocycles. The maximum absolute atomic E-state index is 12.0. The zero-order valence-electron chi connectivity index (χ0n) is 9.47. The van der Waals surface area contributed by atoms with Crippen molar-refractivity contribution in [1.82, 2.24) is 0 Å². The summed E-state index contributed by atoms with van der Waals surface area (Å²) in [5, 5.41) is 1.12. The van der Waals surface area contributed by atoms with Crippen molar-refractivity contribution in [2.45, 2.75) is 51.4 Å². The van der Waals surface area contributed by atoms with Gasteiger partial charge in [-0.15, -0.1) is 0 Å². The molecule has 0 saturated heterocycles. The predicted octanol–water partition coefficient (Wildman–Crippen LogP) is 0.732. The molecule has 0 aliphatic heterocycles. The minimum absolute atomic E-state index is 0.0683. The molecule has 1 aromatic carbocycles. The summed E-state index contributed by atoms with van der Waals surface area (Å²) in [5.41, 5.74) is 2.41. The Labute approximate surface area is 94.0 Å². The first-order chi connectivity index (χ1) is 7.79. The summed E-state index contributed by atoms with van der Waals surface area (Å²) in [4.78, 5) is 24.0. The van der Waals surface area contributed by atoms with Crippen LogP contribution in [0.15, 0.2) is 9.59 Å². The molecule has 84 valence electrons. The van der Waals surface area contributed by atoms with Gasteiger partial charge in [-0.25, -0.2) is 0 Å². The molecule has 16 heavy (non-hydrogen) atoms. The van der Waals surface area contributed by atoms with Crippen molar-refractivity contribution >= 4 is 11.1 Å². The van der Waals surface area contributed by atoms with Crippen LogP contribution >= 0.6 is 0 Å². The fourth-order valence-corrected chi connectivity index (χ4v) is 3.14. The Kier molecular flexibility index (Phi) is 2.31. The highest BCUT2D eigenvalue weighted by atomic mass is 16.1. The van der Waals surface area contributed by atoms with Crippen molar-refractivity contribution in [1.29, 1.82) is 0 Å². The van der Waals surface area contributed by atoms with Crippen LogP contribution in [0.25, 0.3) is 11.1 Å². The summed E-state index contributed by atoms with van der Waals surface area (Å²) >= 11 is 0. The van der Waals surface area contributed by atoms with Gasteiger partial charge in [-0.3, -0.25) is 9.59 Å². The average Bonchev–Trinajstić information content (AvgIpc) is 2.91. The lowest BCUT2D eigenvalue weighted by molar-refractivity contribution is 0.886. The molecule has 1 aromatic rings. The Morgan fingerprint density at radius 2 is 0.875 bits per heavy atom. The molecule has 0 amide bonds. The van der Waals surface area contributed by atoms with E-state index in [1.165, 1.54) is 0 Å². The fraction of sp³-hybridized carbons (Fsp3) is 0.571. The zero-order chi connectivity index (χ0) is 11.1. The second-order valence-corrected chi connectivity index (χ2v) is 5.03. The molecule has 0 spiro atoms. The standard InChI is InChI=1S/C14H16O2/c15-13-11(9-5-1-2-6-9)14(16)12(13)10-7-3-4-8-10/h1-8H2. The first kappa shape index (κ1) is 10.0. The van der Waals surface area contributed by atoms with Crippen LogP contribution in [0, 0.1) is 0 Å². The second kappa shape index (κ2) is 3.69. The second-order valence-electron chi connectivity index (χ2n) is 5.03. The topological polar surface area (TPSA) is 34.1 Å². The molecule has 2 heteroatoms. The van der Waals surface area contributed by atoms with Crippen LogP contribution in [0.2, 0.25) is 0 Å². The molecular weight excluding hydrogens is 200 g/mol. The number of hydrogen-bond donors (Lipinski definition) is 0. The number of hydrogen-bond acceptors (Lipinski definition) is 2. The highest BCUT2D eigenvalue weighted by molar-refractivity contribution is 5.53. The van der Waals surface area contributed by atoms with Gasteiger partial charge in [-0.1, -0.05) is 11.1 Å². The first-order valence-corrected chi connectivity index (χ1v) is 6.32. The van der Waals surface area contributed by atoms with Crippen molar-refractivity contribution in [3.63, 3.8) is 0 Å². The molecule has 2 fully saturated rings. The van der Waals surface area contributed by atoms with Gasteiger partial charge < -0.3 is 0 Å². The largest absolute Gasteiger partial charge is 0.288 e. The third-order valence-electron chi connectivity index (χ3n) is 4.03. The first-order valence-electron chi connectivity index (χ1n) is 6.32. The molecule has 0 atom stereocenters. The van der Waals surface area contributed by atoms with Crippen molar-refractivity contribution in [2.75, 3.05) is 0 Å². The lowest BCUT2D eigenvalue weighted by atomic mass is 10.0. The van der Waals surface area contributed by atoms with Crippen molar-refractivity contribution < 1.29 is 0 Å². The molecule has 0 heterocycles. The van der Waals surface area contributed by atoms with Gasteiger partial charge in [0.25, 0.3) is 0 Å². The van der Waals surface area contributed by atoms with Crippen molar-refractivity contribution in [3.8, 4) is 0 Å². The summed E-state index contributed by atoms with van der Waals surface area (Å²) in [7, 11) is 0. The van der Waals surface area contributed by atoms with Gasteiger partial charge in [0.1, 0.15) is 0 Å². The van der Waals surface area contributed by atoms with Gasteiger partial charge in [0, 0.05) is 0 Å². The van der Waals surface area contributed by atoms with E-state index in [2.05, 4.69) is 0 Å². The lowest BCUT2D eigenvalue weighted by Crippen LogP contribution is -2.66. The van der Waals surface area contributed by atoms with Gasteiger partial charge >= 0.3 is 0 Å². The third-order valence-corrected chi connectivity index (χ3v) is 4.03. The van der Waals surface area contributed by atoms with E-state index in [4.69, 9.17) is 0 Å². The van der Waals surface area contributed by atoms with Crippen LogP contribution < -0.4 is 21.3 Å². The summed E-state index contributed by atoms with van der Waals surface area (Å²) in [6, 6.07) is 0. The predicted molar refractivity (Wildman–Crippen MR) is 64.4 cm³/mol. The Morgan fingerprint density at radius 3 is 1.19 bits per heavy atom. The Balaban J connectivity index is 2.24. The molecule has 2 aliphatic carbocycles. The third kappa shape index (κ3) is 1.32. The SMILES string of the molecule is O=c1c(=C2CCCC2)c(=O)c1=C1CCCC1.